The highest BCUT2D eigenvalue weighted by atomic mass is 16.6. The van der Waals surface area contributed by atoms with Crippen molar-refractivity contribution in [2.45, 2.75) is 64.4 Å². The van der Waals surface area contributed by atoms with E-state index in [1.54, 1.807) is 0 Å². The maximum Gasteiger partial charge on any atom is 0.130 e. The molecule has 0 aromatic heterocycles. The number of nitrogens with one attached hydrogen (secondary N) is 1. The molecule has 1 aliphatic heterocycles. The van der Waals surface area contributed by atoms with Crippen molar-refractivity contribution in [2.75, 3.05) is 7.05 Å². The van der Waals surface area contributed by atoms with Gasteiger partial charge in [-0.05, 0) is 59.4 Å². The molecule has 3 nitrogen and oxygen atoms in total. The van der Waals surface area contributed by atoms with Crippen LogP contribution in [0.1, 0.15) is 52.6 Å². The van der Waals surface area contributed by atoms with Crippen molar-refractivity contribution in [1.29, 1.82) is 0 Å². The molecule has 1 saturated heterocycles. The third-order valence-electron chi connectivity index (χ3n) is 4.08. The molecule has 112 valence electrons. The number of hydrogen-bond donors (Lipinski definition) is 1. The van der Waals surface area contributed by atoms with Gasteiger partial charge in [0.2, 0.25) is 0 Å². The second-order valence-electron chi connectivity index (χ2n) is 6.86. The standard InChI is InChI=1S/C17H27NO2/c1-12(18-6)13-7-9-14(10-8-13)19-15-11-16(2,3)20-17(15,4)5/h7-10,12,15,18H,11H2,1-6H3. The molecule has 1 aromatic carbocycles. The van der Waals surface area contributed by atoms with E-state index in [0.29, 0.717) is 6.04 Å². The van der Waals surface area contributed by atoms with Crippen LogP contribution in [-0.4, -0.2) is 24.4 Å². The molecule has 0 saturated carbocycles. The summed E-state index contributed by atoms with van der Waals surface area (Å²) in [7, 11) is 1.97. The zero-order valence-electron chi connectivity index (χ0n) is 13.5. The SMILES string of the molecule is CNC(C)c1ccc(OC2CC(C)(C)OC2(C)C)cc1. The van der Waals surface area contributed by atoms with Crippen LogP contribution >= 0.6 is 0 Å². The van der Waals surface area contributed by atoms with Crippen LogP contribution < -0.4 is 10.1 Å². The highest BCUT2D eigenvalue weighted by Gasteiger charge is 2.47. The summed E-state index contributed by atoms with van der Waals surface area (Å²) in [6.07, 6.45) is 0.999. The molecule has 0 bridgehead atoms. The molecule has 20 heavy (non-hydrogen) atoms. The summed E-state index contributed by atoms with van der Waals surface area (Å²) in [6, 6.07) is 8.68. The summed E-state index contributed by atoms with van der Waals surface area (Å²) < 4.78 is 12.2. The van der Waals surface area contributed by atoms with Crippen LogP contribution in [0, 0.1) is 0 Å². The van der Waals surface area contributed by atoms with Gasteiger partial charge in [-0.1, -0.05) is 12.1 Å². The molecule has 0 aliphatic carbocycles. The van der Waals surface area contributed by atoms with Crippen LogP contribution in [0.3, 0.4) is 0 Å². The molecular formula is C17H27NO2. The van der Waals surface area contributed by atoms with E-state index >= 15 is 0 Å². The summed E-state index contributed by atoms with van der Waals surface area (Å²) in [5, 5.41) is 3.24. The van der Waals surface area contributed by atoms with Gasteiger partial charge in [-0.2, -0.15) is 0 Å². The molecule has 0 amide bonds. The maximum absolute atomic E-state index is 6.15. The number of hydrogen-bond acceptors (Lipinski definition) is 3. The van der Waals surface area contributed by atoms with Crippen molar-refractivity contribution in [3.05, 3.63) is 29.8 Å². The zero-order valence-corrected chi connectivity index (χ0v) is 13.5. The molecule has 1 heterocycles. The van der Waals surface area contributed by atoms with E-state index in [1.807, 2.05) is 19.2 Å². The molecule has 1 aliphatic rings. The average molecular weight is 277 g/mol. The Morgan fingerprint density at radius 1 is 1.20 bits per heavy atom. The van der Waals surface area contributed by atoms with Gasteiger partial charge in [0.05, 0.1) is 5.60 Å². The van der Waals surface area contributed by atoms with Gasteiger partial charge in [-0.15, -0.1) is 0 Å². The van der Waals surface area contributed by atoms with Crippen LogP contribution in [0.5, 0.6) is 5.75 Å². The highest BCUT2D eigenvalue weighted by molar-refractivity contribution is 5.29. The van der Waals surface area contributed by atoms with E-state index in [9.17, 15) is 0 Å². The third kappa shape index (κ3) is 3.33. The van der Waals surface area contributed by atoms with Gasteiger partial charge in [0.1, 0.15) is 17.5 Å². The normalized spacial score (nSPS) is 25.4. The minimum atomic E-state index is -0.250. The lowest BCUT2D eigenvalue weighted by atomic mass is 9.97. The molecule has 3 heteroatoms. The second-order valence-corrected chi connectivity index (χ2v) is 6.86. The molecule has 2 rings (SSSR count). The molecule has 0 radical (unpaired) electrons. The van der Waals surface area contributed by atoms with Crippen molar-refractivity contribution < 1.29 is 9.47 Å². The van der Waals surface area contributed by atoms with Crippen LogP contribution in [0.15, 0.2) is 24.3 Å². The zero-order chi connectivity index (χ0) is 15.0. The Kier molecular flexibility index (Phi) is 4.12. The first kappa shape index (κ1) is 15.3. The lowest BCUT2D eigenvalue weighted by Crippen LogP contribution is -2.36. The quantitative estimate of drug-likeness (QED) is 0.910. The molecule has 2 atom stereocenters. The average Bonchev–Trinajstić information content (AvgIpc) is 2.57. The Morgan fingerprint density at radius 3 is 2.25 bits per heavy atom. The smallest absolute Gasteiger partial charge is 0.130 e. The molecule has 1 fully saturated rings. The molecular weight excluding hydrogens is 250 g/mol. The predicted octanol–water partition coefficient (Wildman–Crippen LogP) is 3.69. The maximum atomic E-state index is 6.15. The van der Waals surface area contributed by atoms with Crippen LogP contribution in [0.4, 0.5) is 0 Å². The first-order valence-electron chi connectivity index (χ1n) is 7.37. The van der Waals surface area contributed by atoms with Crippen molar-refractivity contribution in [3.8, 4) is 5.75 Å². The van der Waals surface area contributed by atoms with Gasteiger partial charge in [-0.3, -0.25) is 0 Å². The van der Waals surface area contributed by atoms with Crippen molar-refractivity contribution in [3.63, 3.8) is 0 Å². The minimum Gasteiger partial charge on any atom is -0.487 e. The highest BCUT2D eigenvalue weighted by Crippen LogP contribution is 2.39. The van der Waals surface area contributed by atoms with Gasteiger partial charge < -0.3 is 14.8 Å². The largest absolute Gasteiger partial charge is 0.487 e. The lowest BCUT2D eigenvalue weighted by Gasteiger charge is -2.27. The van der Waals surface area contributed by atoms with E-state index < -0.39 is 0 Å². The Bertz CT molecular complexity index is 451. The van der Waals surface area contributed by atoms with E-state index in [0.717, 1.165) is 12.2 Å². The summed E-state index contributed by atoms with van der Waals surface area (Å²) in [5.41, 5.74) is 0.900. The topological polar surface area (TPSA) is 30.5 Å². The second kappa shape index (κ2) is 5.38. The monoisotopic (exact) mass is 277 g/mol. The predicted molar refractivity (Wildman–Crippen MR) is 82.2 cm³/mol. The Hall–Kier alpha value is -1.06. The molecule has 1 N–H and O–H groups in total. The van der Waals surface area contributed by atoms with Gasteiger partial charge in [0, 0.05) is 12.5 Å². The van der Waals surface area contributed by atoms with Gasteiger partial charge in [0.25, 0.3) is 0 Å². The number of ether oxygens (including phenoxy) is 2. The Balaban J connectivity index is 2.07. The fourth-order valence-electron chi connectivity index (χ4n) is 2.86. The molecule has 1 aromatic rings. The summed E-state index contributed by atoms with van der Waals surface area (Å²) in [6.45, 7) is 10.6. The van der Waals surface area contributed by atoms with Crippen LogP contribution in [0.2, 0.25) is 0 Å². The summed E-state index contributed by atoms with van der Waals surface area (Å²) in [4.78, 5) is 0. The van der Waals surface area contributed by atoms with Gasteiger partial charge >= 0.3 is 0 Å². The van der Waals surface area contributed by atoms with Gasteiger partial charge in [-0.25, -0.2) is 0 Å². The van der Waals surface area contributed by atoms with Crippen LogP contribution in [-0.2, 0) is 4.74 Å². The third-order valence-corrected chi connectivity index (χ3v) is 4.08. The van der Waals surface area contributed by atoms with E-state index in [4.69, 9.17) is 9.47 Å². The van der Waals surface area contributed by atoms with Crippen LogP contribution in [0.25, 0.3) is 0 Å². The molecule has 2 unspecified atom stereocenters. The fourth-order valence-corrected chi connectivity index (χ4v) is 2.86. The first-order chi connectivity index (χ1) is 9.23. The minimum absolute atomic E-state index is 0.0880. The van der Waals surface area contributed by atoms with Crippen molar-refractivity contribution >= 4 is 0 Å². The van der Waals surface area contributed by atoms with E-state index in [2.05, 4.69) is 52.1 Å². The van der Waals surface area contributed by atoms with E-state index in [1.165, 1.54) is 5.56 Å². The van der Waals surface area contributed by atoms with Crippen molar-refractivity contribution in [1.82, 2.24) is 5.32 Å². The van der Waals surface area contributed by atoms with E-state index in [-0.39, 0.29) is 17.3 Å². The summed E-state index contributed by atoms with van der Waals surface area (Å²) >= 11 is 0. The summed E-state index contributed by atoms with van der Waals surface area (Å²) in [5.74, 6) is 0.913. The number of rotatable bonds is 4. The Labute approximate surface area is 122 Å². The fraction of sp³-hybridized carbons (Fsp3) is 0.647. The van der Waals surface area contributed by atoms with Crippen molar-refractivity contribution in [2.24, 2.45) is 0 Å². The first-order valence-corrected chi connectivity index (χ1v) is 7.37. The van der Waals surface area contributed by atoms with Gasteiger partial charge in [0.15, 0.2) is 0 Å². The lowest BCUT2D eigenvalue weighted by molar-refractivity contribution is -0.0846. The number of benzene rings is 1. The molecule has 0 spiro atoms. The Morgan fingerprint density at radius 2 is 1.80 bits per heavy atom.